The molecule has 100 valence electrons. The summed E-state index contributed by atoms with van der Waals surface area (Å²) >= 11 is 7.02. The number of halogens is 2. The van der Waals surface area contributed by atoms with Crippen molar-refractivity contribution >= 4 is 31.9 Å². The lowest BCUT2D eigenvalue weighted by atomic mass is 10.1. The van der Waals surface area contributed by atoms with Crippen LogP contribution in [0.4, 0.5) is 0 Å². The third kappa shape index (κ3) is 4.16. The van der Waals surface area contributed by atoms with Crippen LogP contribution in [0.25, 0.3) is 0 Å². The average molecular weight is 383 g/mol. The van der Waals surface area contributed by atoms with Gasteiger partial charge in [0.2, 0.25) is 0 Å². The summed E-state index contributed by atoms with van der Waals surface area (Å²) in [4.78, 5) is 0. The molecule has 0 aliphatic heterocycles. The van der Waals surface area contributed by atoms with Crippen molar-refractivity contribution < 1.29 is 0 Å². The fourth-order valence-corrected chi connectivity index (χ4v) is 2.65. The Morgan fingerprint density at radius 2 is 1.84 bits per heavy atom. The Bertz CT molecular complexity index is 566. The fraction of sp³-hybridized carbons (Fsp3) is 0.250. The highest BCUT2D eigenvalue weighted by atomic mass is 79.9. The Labute approximate surface area is 131 Å². The molecule has 19 heavy (non-hydrogen) atoms. The highest BCUT2D eigenvalue weighted by molar-refractivity contribution is 9.13. The number of aryl methyl sites for hydroxylation is 1. The molecule has 0 fully saturated rings. The van der Waals surface area contributed by atoms with Gasteiger partial charge in [-0.05, 0) is 69.0 Å². The predicted molar refractivity (Wildman–Crippen MR) is 88.3 cm³/mol. The van der Waals surface area contributed by atoms with Crippen LogP contribution in [-0.4, -0.2) is 0 Å². The molecular formula is C16H17Br2N. The summed E-state index contributed by atoms with van der Waals surface area (Å²) < 4.78 is 2.18. The van der Waals surface area contributed by atoms with Gasteiger partial charge >= 0.3 is 0 Å². The lowest BCUT2D eigenvalue weighted by molar-refractivity contribution is 0.574. The van der Waals surface area contributed by atoms with E-state index in [4.69, 9.17) is 0 Å². The highest BCUT2D eigenvalue weighted by Gasteiger charge is 2.05. The van der Waals surface area contributed by atoms with Crippen molar-refractivity contribution in [3.63, 3.8) is 0 Å². The molecule has 3 heteroatoms. The minimum atomic E-state index is 0.349. The lowest BCUT2D eigenvalue weighted by Gasteiger charge is -2.15. The first-order valence-electron chi connectivity index (χ1n) is 6.30. The van der Waals surface area contributed by atoms with E-state index in [1.54, 1.807) is 0 Å². The van der Waals surface area contributed by atoms with Crippen molar-refractivity contribution in [1.29, 1.82) is 0 Å². The molecule has 1 atom stereocenters. The number of hydrogen-bond donors (Lipinski definition) is 1. The van der Waals surface area contributed by atoms with Gasteiger partial charge in [0, 0.05) is 21.5 Å². The average Bonchev–Trinajstić information content (AvgIpc) is 2.40. The second-order valence-electron chi connectivity index (χ2n) is 4.77. The van der Waals surface area contributed by atoms with Crippen LogP contribution < -0.4 is 5.32 Å². The molecular weight excluding hydrogens is 366 g/mol. The monoisotopic (exact) mass is 381 g/mol. The van der Waals surface area contributed by atoms with Gasteiger partial charge < -0.3 is 5.32 Å². The van der Waals surface area contributed by atoms with Crippen molar-refractivity contribution in [1.82, 2.24) is 5.32 Å². The van der Waals surface area contributed by atoms with Gasteiger partial charge in [0.05, 0.1) is 0 Å². The molecule has 2 aromatic carbocycles. The van der Waals surface area contributed by atoms with Gasteiger partial charge in [-0.2, -0.15) is 0 Å². The smallest absolute Gasteiger partial charge is 0.0320 e. The zero-order valence-electron chi connectivity index (χ0n) is 11.1. The summed E-state index contributed by atoms with van der Waals surface area (Å²) in [6.07, 6.45) is 0. The number of rotatable bonds is 4. The largest absolute Gasteiger partial charge is 0.306 e. The maximum absolute atomic E-state index is 3.55. The van der Waals surface area contributed by atoms with Crippen molar-refractivity contribution in [2.45, 2.75) is 26.4 Å². The van der Waals surface area contributed by atoms with E-state index in [-0.39, 0.29) is 0 Å². The van der Waals surface area contributed by atoms with E-state index in [0.29, 0.717) is 6.04 Å². The molecule has 1 N–H and O–H groups in total. The molecule has 0 saturated carbocycles. The van der Waals surface area contributed by atoms with E-state index < -0.39 is 0 Å². The Morgan fingerprint density at radius 3 is 2.53 bits per heavy atom. The number of hydrogen-bond acceptors (Lipinski definition) is 1. The first-order valence-corrected chi connectivity index (χ1v) is 7.89. The van der Waals surface area contributed by atoms with Crippen LogP contribution in [0.15, 0.2) is 51.4 Å². The van der Waals surface area contributed by atoms with Crippen LogP contribution in [0.1, 0.15) is 29.7 Å². The van der Waals surface area contributed by atoms with Crippen LogP contribution in [0.2, 0.25) is 0 Å². The molecule has 1 nitrogen and oxygen atoms in total. The Balaban J connectivity index is 2.00. The molecule has 0 radical (unpaired) electrons. The molecule has 2 aromatic rings. The van der Waals surface area contributed by atoms with Gasteiger partial charge in [-0.1, -0.05) is 35.9 Å². The quantitative estimate of drug-likeness (QED) is 0.749. The SMILES string of the molecule is Cc1cccc([C@@H](C)NCc2ccc(Br)c(Br)c2)c1. The van der Waals surface area contributed by atoms with Gasteiger partial charge in [0.1, 0.15) is 0 Å². The fourth-order valence-electron chi connectivity index (χ4n) is 1.98. The predicted octanol–water partition coefficient (Wildman–Crippen LogP) is 5.37. The van der Waals surface area contributed by atoms with E-state index in [9.17, 15) is 0 Å². The summed E-state index contributed by atoms with van der Waals surface area (Å²) in [7, 11) is 0. The third-order valence-electron chi connectivity index (χ3n) is 3.14. The highest BCUT2D eigenvalue weighted by Crippen LogP contribution is 2.24. The first kappa shape index (κ1) is 14.8. The molecule has 0 unspecified atom stereocenters. The zero-order chi connectivity index (χ0) is 13.8. The zero-order valence-corrected chi connectivity index (χ0v) is 14.3. The molecule has 0 amide bonds. The minimum Gasteiger partial charge on any atom is -0.306 e. The van der Waals surface area contributed by atoms with Gasteiger partial charge in [-0.15, -0.1) is 0 Å². The molecule has 0 saturated heterocycles. The normalized spacial score (nSPS) is 12.4. The van der Waals surface area contributed by atoms with Gasteiger partial charge in [0.15, 0.2) is 0 Å². The lowest BCUT2D eigenvalue weighted by Crippen LogP contribution is -2.18. The molecule has 2 rings (SSSR count). The van der Waals surface area contributed by atoms with Crippen LogP contribution in [0.5, 0.6) is 0 Å². The van der Waals surface area contributed by atoms with Crippen molar-refractivity contribution in [3.05, 3.63) is 68.1 Å². The van der Waals surface area contributed by atoms with E-state index in [0.717, 1.165) is 15.5 Å². The molecule has 0 aliphatic rings. The second-order valence-corrected chi connectivity index (χ2v) is 6.47. The van der Waals surface area contributed by atoms with E-state index in [1.807, 2.05) is 0 Å². The number of nitrogens with one attached hydrogen (secondary N) is 1. The van der Waals surface area contributed by atoms with Gasteiger partial charge in [-0.3, -0.25) is 0 Å². The van der Waals surface area contributed by atoms with E-state index in [2.05, 4.69) is 93.5 Å². The topological polar surface area (TPSA) is 12.0 Å². The second kappa shape index (κ2) is 6.69. The summed E-state index contributed by atoms with van der Waals surface area (Å²) in [5, 5.41) is 3.55. The summed E-state index contributed by atoms with van der Waals surface area (Å²) in [6, 6.07) is 15.3. The maximum Gasteiger partial charge on any atom is 0.0320 e. The van der Waals surface area contributed by atoms with Gasteiger partial charge in [-0.25, -0.2) is 0 Å². The Kier molecular flexibility index (Phi) is 5.20. The summed E-state index contributed by atoms with van der Waals surface area (Å²) in [5.74, 6) is 0. The van der Waals surface area contributed by atoms with Crippen molar-refractivity contribution in [2.75, 3.05) is 0 Å². The van der Waals surface area contributed by atoms with Crippen molar-refractivity contribution in [2.24, 2.45) is 0 Å². The maximum atomic E-state index is 3.55. The van der Waals surface area contributed by atoms with Crippen LogP contribution in [0.3, 0.4) is 0 Å². The van der Waals surface area contributed by atoms with Crippen molar-refractivity contribution in [3.8, 4) is 0 Å². The molecule has 0 spiro atoms. The molecule has 0 heterocycles. The Morgan fingerprint density at radius 1 is 1.05 bits per heavy atom. The first-order chi connectivity index (χ1) is 9.06. The molecule has 0 aromatic heterocycles. The third-order valence-corrected chi connectivity index (χ3v) is 5.02. The summed E-state index contributed by atoms with van der Waals surface area (Å²) in [6.45, 7) is 5.19. The van der Waals surface area contributed by atoms with Crippen LogP contribution >= 0.6 is 31.9 Å². The standard InChI is InChI=1S/C16H17Br2N/c1-11-4-3-5-14(8-11)12(2)19-10-13-6-7-15(17)16(18)9-13/h3-9,12,19H,10H2,1-2H3/t12-/m1/s1. The van der Waals surface area contributed by atoms with Gasteiger partial charge in [0.25, 0.3) is 0 Å². The Hall–Kier alpha value is -0.640. The van der Waals surface area contributed by atoms with Crippen LogP contribution in [-0.2, 0) is 6.54 Å². The molecule has 0 bridgehead atoms. The van der Waals surface area contributed by atoms with E-state index >= 15 is 0 Å². The summed E-state index contributed by atoms with van der Waals surface area (Å²) in [5.41, 5.74) is 3.91. The minimum absolute atomic E-state index is 0.349. The molecule has 0 aliphatic carbocycles. The van der Waals surface area contributed by atoms with Crippen LogP contribution in [0, 0.1) is 6.92 Å². The van der Waals surface area contributed by atoms with E-state index in [1.165, 1.54) is 16.7 Å². The number of benzene rings is 2.